The van der Waals surface area contributed by atoms with Crippen molar-refractivity contribution in [3.8, 4) is 5.75 Å². The summed E-state index contributed by atoms with van der Waals surface area (Å²) in [5.41, 5.74) is 9.82. The highest BCUT2D eigenvalue weighted by Crippen LogP contribution is 2.25. The lowest BCUT2D eigenvalue weighted by Gasteiger charge is -2.37. The lowest BCUT2D eigenvalue weighted by Crippen LogP contribution is -2.67. The fourth-order valence-corrected chi connectivity index (χ4v) is 10.7. The molecule has 1 aliphatic heterocycles. The van der Waals surface area contributed by atoms with Gasteiger partial charge in [-0.15, -0.1) is 0 Å². The molecule has 30 nitrogen and oxygen atoms in total. The summed E-state index contributed by atoms with van der Waals surface area (Å²) in [5.74, 6) is -11.5. The molecule has 1 aromatic carbocycles. The van der Waals surface area contributed by atoms with Crippen LogP contribution in [-0.2, 0) is 73.5 Å². The van der Waals surface area contributed by atoms with Gasteiger partial charge in [-0.25, -0.2) is 0 Å². The molecule has 2 rings (SSSR count). The molecule has 0 aliphatic carbocycles. The number of carbonyl (C=O) groups is 14. The third-order valence-corrected chi connectivity index (χ3v) is 16.4. The number of nitrogens with zero attached hydrogens (tertiary/aromatic N) is 1. The van der Waals surface area contributed by atoms with Crippen LogP contribution < -0.4 is 70.4 Å². The van der Waals surface area contributed by atoms with Crippen molar-refractivity contribution in [2.24, 2.45) is 23.1 Å². The number of nitrogens with one attached hydrogen (secondary N) is 10. The first kappa shape index (κ1) is 82.7. The highest BCUT2D eigenvalue weighted by atomic mass is 16.3. The summed E-state index contributed by atoms with van der Waals surface area (Å²) in [4.78, 5) is 192. The van der Waals surface area contributed by atoms with E-state index in [0.29, 0.717) is 24.8 Å². The summed E-state index contributed by atoms with van der Waals surface area (Å²) in [6.45, 7) is 18.6. The van der Waals surface area contributed by atoms with E-state index in [2.05, 4.69) is 60.1 Å². The van der Waals surface area contributed by atoms with Crippen LogP contribution in [0.15, 0.2) is 24.3 Å². The second-order valence-electron chi connectivity index (χ2n) is 26.7. The first-order chi connectivity index (χ1) is 44.3. The van der Waals surface area contributed by atoms with Gasteiger partial charge in [0, 0.05) is 38.6 Å². The number of aliphatic hydroxyl groups excluding tert-OH is 1. The zero-order valence-electron chi connectivity index (χ0n) is 57.6. The third-order valence-electron chi connectivity index (χ3n) is 16.4. The Labute approximate surface area is 557 Å². The Kier molecular flexibility index (Phi) is 33.8. The maximum Gasteiger partial charge on any atom is 0.248 e. The van der Waals surface area contributed by atoms with Gasteiger partial charge in [0.2, 0.25) is 82.7 Å². The van der Waals surface area contributed by atoms with E-state index in [1.807, 2.05) is 13.8 Å². The number of hydrogen-bond acceptors (Lipinski definition) is 16. The van der Waals surface area contributed by atoms with Crippen molar-refractivity contribution in [2.75, 3.05) is 13.2 Å². The third kappa shape index (κ3) is 27.8. The average molecular weight is 1340 g/mol. The molecule has 0 spiro atoms. The van der Waals surface area contributed by atoms with E-state index in [4.69, 9.17) is 17.2 Å². The van der Waals surface area contributed by atoms with Crippen molar-refractivity contribution in [1.82, 2.24) is 58.1 Å². The molecular weight excluding hydrogens is 1230 g/mol. The summed E-state index contributed by atoms with van der Waals surface area (Å²) in [6, 6.07) is -3.32. The Morgan fingerprint density at radius 2 is 1.05 bits per heavy atom. The van der Waals surface area contributed by atoms with Gasteiger partial charge in [-0.05, 0) is 130 Å². The minimum absolute atomic E-state index is 0.0237. The van der Waals surface area contributed by atoms with E-state index in [1.54, 1.807) is 27.7 Å². The van der Waals surface area contributed by atoms with Crippen molar-refractivity contribution < 1.29 is 77.3 Å². The van der Waals surface area contributed by atoms with Gasteiger partial charge >= 0.3 is 0 Å². The van der Waals surface area contributed by atoms with Gasteiger partial charge in [-0.3, -0.25) is 67.1 Å². The Balaban J connectivity index is 2.43. The van der Waals surface area contributed by atoms with Gasteiger partial charge in [-0.2, -0.15) is 0 Å². The van der Waals surface area contributed by atoms with E-state index < -0.39 is 167 Å². The first-order valence-electron chi connectivity index (χ1n) is 32.9. The highest BCUT2D eigenvalue weighted by Gasteiger charge is 2.46. The number of benzene rings is 1. The lowest BCUT2D eigenvalue weighted by atomic mass is 9.87. The number of unbranched alkanes of at least 4 members (excludes halogenated alkanes) is 4. The molecule has 1 aliphatic rings. The van der Waals surface area contributed by atoms with Crippen LogP contribution in [0.2, 0.25) is 0 Å². The lowest BCUT2D eigenvalue weighted by molar-refractivity contribution is -0.145. The van der Waals surface area contributed by atoms with Gasteiger partial charge < -0.3 is 85.5 Å². The van der Waals surface area contributed by atoms with Crippen molar-refractivity contribution in [3.63, 3.8) is 0 Å². The number of phenols is 1. The molecule has 18 N–H and O–H groups in total. The number of primary amides is 3. The molecule has 0 radical (unpaired) electrons. The number of carbonyl (C=O) groups excluding carboxylic acids is 14. The molecule has 1 fully saturated rings. The number of rotatable bonds is 43. The minimum atomic E-state index is -1.94. The van der Waals surface area contributed by atoms with Crippen LogP contribution in [-0.4, -0.2) is 175 Å². The van der Waals surface area contributed by atoms with E-state index in [1.165, 1.54) is 63.8 Å². The van der Waals surface area contributed by atoms with Crippen molar-refractivity contribution in [3.05, 3.63) is 29.8 Å². The Morgan fingerprint density at radius 1 is 0.547 bits per heavy atom. The fourth-order valence-electron chi connectivity index (χ4n) is 10.7. The number of aromatic hydroxyl groups is 1. The van der Waals surface area contributed by atoms with Crippen LogP contribution in [0.25, 0.3) is 0 Å². The monoisotopic (exact) mass is 1340 g/mol. The van der Waals surface area contributed by atoms with E-state index in [-0.39, 0.29) is 82.1 Å². The second kappa shape index (κ2) is 38.8. The van der Waals surface area contributed by atoms with E-state index >= 15 is 0 Å². The molecular formula is C65H108N14O16. The summed E-state index contributed by atoms with van der Waals surface area (Å²) in [5, 5.41) is 46.0. The first-order valence-corrected chi connectivity index (χ1v) is 32.9. The number of aliphatic hydroxyl groups is 1. The van der Waals surface area contributed by atoms with Gasteiger partial charge in [0.05, 0.1) is 12.6 Å². The standard InChI is InChI=1S/C65H108N14O16/c1-13-16-17-18-19-22-51(85)75-64(11,12)61(95)79-34-20-21-47(79)57(91)72-46(36-40-23-25-42(81)26-24-40)56(90)77-62(7,8)58(92)73-44(28-31-49(67)83)54(88)71-45(29-32-50(68)84)55(89)76-63(9,10)59(93)78-65(15-3,33-14-2)60(94)74-43(27-30-48(66)82)53(87)69-39(6)52(86)70-41(37-80)35-38(4)5/h23-26,38-39,41,43-47,80-81H,13-22,27-37H2,1-12H3,(H2,66,82)(H2,67,83)(H2,68,84)(H,69,87)(H,70,86)(H,71,88)(H,72,91)(H,73,92)(H,74,94)(H,75,85)(H,76,89)(H,77,90)(H,78,93). The van der Waals surface area contributed by atoms with Crippen LogP contribution in [0.5, 0.6) is 5.75 Å². The molecule has 30 heteroatoms. The average Bonchev–Trinajstić information content (AvgIpc) is 1.81. The summed E-state index contributed by atoms with van der Waals surface area (Å²) >= 11 is 0. The molecule has 1 heterocycles. The molecule has 1 aromatic rings. The highest BCUT2D eigenvalue weighted by molar-refractivity contribution is 6.02. The van der Waals surface area contributed by atoms with Gasteiger partial charge in [0.1, 0.15) is 64.2 Å². The second-order valence-corrected chi connectivity index (χ2v) is 26.7. The van der Waals surface area contributed by atoms with Crippen molar-refractivity contribution in [2.45, 2.75) is 270 Å². The predicted octanol–water partition coefficient (Wildman–Crippen LogP) is -0.201. The summed E-state index contributed by atoms with van der Waals surface area (Å²) in [7, 11) is 0. The molecule has 1 saturated heterocycles. The minimum Gasteiger partial charge on any atom is -0.508 e. The van der Waals surface area contributed by atoms with Crippen molar-refractivity contribution in [1.29, 1.82) is 0 Å². The number of likely N-dealkylation sites (tertiary alicyclic amines) is 1. The number of nitrogens with two attached hydrogens (primary N) is 3. The zero-order valence-corrected chi connectivity index (χ0v) is 57.6. The van der Waals surface area contributed by atoms with Gasteiger partial charge in [-0.1, -0.05) is 78.9 Å². The molecule has 0 bridgehead atoms. The SMILES string of the molecule is CCCCCCCC(=O)NC(C)(C)C(=O)N1CCCC1C(=O)NC(Cc1ccc(O)cc1)C(=O)NC(C)(C)C(=O)NC(CCC(N)=O)C(=O)NC(CCC(N)=O)C(=O)NC(C)(C)C(=O)NC(CC)(CCC)C(=O)NC(CCC(N)=O)C(=O)NC(C)C(=O)NC(CO)CC(C)C. The Bertz CT molecular complexity index is 2850. The quantitative estimate of drug-likeness (QED) is 0.0377. The Morgan fingerprint density at radius 3 is 1.56 bits per heavy atom. The zero-order chi connectivity index (χ0) is 72.2. The molecule has 0 saturated carbocycles. The van der Waals surface area contributed by atoms with Gasteiger partial charge in [0.25, 0.3) is 0 Å². The maximum atomic E-state index is 14.4. The van der Waals surface area contributed by atoms with Crippen LogP contribution >= 0.6 is 0 Å². The van der Waals surface area contributed by atoms with E-state index in [9.17, 15) is 77.3 Å². The number of hydrogen-bond donors (Lipinski definition) is 15. The van der Waals surface area contributed by atoms with Crippen LogP contribution in [0, 0.1) is 5.92 Å². The number of amides is 14. The van der Waals surface area contributed by atoms with Crippen LogP contribution in [0.4, 0.5) is 0 Å². The van der Waals surface area contributed by atoms with Crippen LogP contribution in [0.3, 0.4) is 0 Å². The largest absolute Gasteiger partial charge is 0.508 e. The molecule has 0 aromatic heterocycles. The summed E-state index contributed by atoms with van der Waals surface area (Å²) < 4.78 is 0. The van der Waals surface area contributed by atoms with Gasteiger partial charge in [0.15, 0.2) is 0 Å². The Hall–Kier alpha value is -8.44. The van der Waals surface area contributed by atoms with Crippen LogP contribution in [0.1, 0.15) is 204 Å². The molecule has 534 valence electrons. The summed E-state index contributed by atoms with van der Waals surface area (Å²) in [6.07, 6.45) is 3.28. The number of phenolic OH excluding ortho intramolecular Hbond substituents is 1. The molecule has 8 unspecified atom stereocenters. The topological polar surface area (TPSA) is 481 Å². The van der Waals surface area contributed by atoms with Crippen molar-refractivity contribution >= 4 is 82.7 Å². The van der Waals surface area contributed by atoms with E-state index in [0.717, 1.165) is 25.7 Å². The smallest absolute Gasteiger partial charge is 0.248 e. The fraction of sp³-hybridized carbons (Fsp3) is 0.692. The predicted molar refractivity (Wildman–Crippen MR) is 352 cm³/mol. The molecule has 95 heavy (non-hydrogen) atoms. The normalized spacial score (nSPS) is 15.8. The maximum absolute atomic E-state index is 14.4. The molecule has 8 atom stereocenters. The molecule has 14 amide bonds.